The van der Waals surface area contributed by atoms with E-state index in [1.54, 1.807) is 13.8 Å². The molecule has 0 spiro atoms. The Balaban J connectivity index is 3.97. The van der Waals surface area contributed by atoms with Crippen molar-refractivity contribution in [2.75, 3.05) is 0 Å². The fourth-order valence-corrected chi connectivity index (χ4v) is 0.257. The molecule has 0 radical (unpaired) electrons. The van der Waals surface area contributed by atoms with Crippen LogP contribution in [-0.4, -0.2) is 5.97 Å². The predicted octanol–water partition coefficient (Wildman–Crippen LogP) is 0.241. The first kappa shape index (κ1) is 8.43. The van der Waals surface area contributed by atoms with Crippen molar-refractivity contribution in [3.8, 4) is 0 Å². The summed E-state index contributed by atoms with van der Waals surface area (Å²) in [6.07, 6.45) is 0.619. The summed E-state index contributed by atoms with van der Waals surface area (Å²) in [5, 5.41) is 9.59. The maximum absolute atomic E-state index is 10.5. The molecule has 0 aromatic rings. The predicted molar refractivity (Wildman–Crippen MR) is 30.2 cm³/mol. The molecule has 54 valence electrons. The minimum atomic E-state index is -0.690. The Morgan fingerprint density at radius 2 is 2.11 bits per heavy atom. The Hall–Kier alpha value is -0.570. The first-order chi connectivity index (χ1) is 4.04. The van der Waals surface area contributed by atoms with Gasteiger partial charge >= 0.3 is 5.97 Å². The molecule has 0 aliphatic carbocycles. The lowest BCUT2D eigenvalue weighted by molar-refractivity contribution is -0.659. The molecule has 0 aromatic carbocycles. The van der Waals surface area contributed by atoms with E-state index in [1.807, 2.05) is 6.92 Å². The number of carbonyl (C=O) groups excluding carboxylic acids is 1. The Morgan fingerprint density at radius 3 is 2.22 bits per heavy atom. The first-order valence-electron chi connectivity index (χ1n) is 2.89. The highest BCUT2D eigenvalue weighted by Crippen LogP contribution is 2.19. The van der Waals surface area contributed by atoms with Crippen LogP contribution in [0.4, 0.5) is 0 Å². The van der Waals surface area contributed by atoms with E-state index < -0.39 is 11.4 Å². The van der Waals surface area contributed by atoms with E-state index in [1.165, 1.54) is 0 Å². The molecule has 0 fully saturated rings. The summed E-state index contributed by atoms with van der Waals surface area (Å²) in [5.74, 6) is -0.690. The molecule has 0 rings (SSSR count). The van der Waals surface area contributed by atoms with Crippen molar-refractivity contribution in [3.63, 3.8) is 0 Å². The average Bonchev–Trinajstić information content (AvgIpc) is 1.86. The minimum absolute atomic E-state index is 0.619. The van der Waals surface area contributed by atoms with Crippen molar-refractivity contribution in [2.24, 2.45) is 5.41 Å². The second kappa shape index (κ2) is 2.82. The largest absolute Gasteiger partial charge is 0.662 e. The normalized spacial score (nSPS) is 11.1. The number of hydrogen-bond acceptors (Lipinski definition) is 3. The van der Waals surface area contributed by atoms with E-state index in [-0.39, 0.29) is 0 Å². The SMILES string of the molecule is CCC(C)(C)C(=O)O[O-]. The van der Waals surface area contributed by atoms with Crippen molar-refractivity contribution < 1.29 is 14.9 Å². The Bertz CT molecular complexity index is 107. The molecular weight excluding hydrogens is 120 g/mol. The molecule has 3 nitrogen and oxygen atoms in total. The smallest absolute Gasteiger partial charge is 0.305 e. The van der Waals surface area contributed by atoms with Crippen molar-refractivity contribution in [2.45, 2.75) is 27.2 Å². The van der Waals surface area contributed by atoms with E-state index in [2.05, 4.69) is 4.89 Å². The third kappa shape index (κ3) is 2.01. The van der Waals surface area contributed by atoms with E-state index >= 15 is 0 Å². The Kier molecular flexibility index (Phi) is 2.65. The van der Waals surface area contributed by atoms with Crippen LogP contribution in [0.1, 0.15) is 27.2 Å². The molecule has 0 aliphatic rings. The molecular formula is C6H11O3-. The molecule has 0 bridgehead atoms. The average molecular weight is 131 g/mol. The summed E-state index contributed by atoms with van der Waals surface area (Å²) in [6.45, 7) is 5.18. The molecule has 0 N–H and O–H groups in total. The van der Waals surface area contributed by atoms with Gasteiger partial charge in [0.25, 0.3) is 0 Å². The molecule has 0 atom stereocenters. The fraction of sp³-hybridized carbons (Fsp3) is 0.833. The lowest BCUT2D eigenvalue weighted by atomic mass is 9.91. The van der Waals surface area contributed by atoms with Crippen LogP contribution in [0, 0.1) is 5.41 Å². The maximum atomic E-state index is 10.5. The zero-order chi connectivity index (χ0) is 7.49. The molecule has 0 aromatic heterocycles. The van der Waals surface area contributed by atoms with Gasteiger partial charge in [-0.25, -0.2) is 0 Å². The van der Waals surface area contributed by atoms with Gasteiger partial charge in [-0.15, -0.1) is 0 Å². The quantitative estimate of drug-likeness (QED) is 0.398. The summed E-state index contributed by atoms with van der Waals surface area (Å²) in [6, 6.07) is 0. The molecule has 0 amide bonds. The van der Waals surface area contributed by atoms with Gasteiger partial charge in [-0.2, -0.15) is 0 Å². The second-order valence-corrected chi connectivity index (χ2v) is 2.61. The number of carbonyl (C=O) groups is 1. The van der Waals surface area contributed by atoms with Gasteiger partial charge < -0.3 is 10.1 Å². The van der Waals surface area contributed by atoms with Gasteiger partial charge in [0.05, 0.1) is 5.41 Å². The summed E-state index contributed by atoms with van der Waals surface area (Å²) < 4.78 is 0. The molecule has 0 saturated heterocycles. The Labute approximate surface area is 54.6 Å². The highest BCUT2D eigenvalue weighted by Gasteiger charge is 2.24. The van der Waals surface area contributed by atoms with Crippen LogP contribution in [-0.2, 0) is 9.68 Å². The van der Waals surface area contributed by atoms with Crippen LogP contribution < -0.4 is 5.26 Å². The van der Waals surface area contributed by atoms with Gasteiger partial charge in [0.15, 0.2) is 0 Å². The van der Waals surface area contributed by atoms with Gasteiger partial charge in [-0.05, 0) is 20.3 Å². The third-order valence-corrected chi connectivity index (χ3v) is 1.51. The van der Waals surface area contributed by atoms with E-state index in [0.717, 1.165) is 0 Å². The summed E-state index contributed by atoms with van der Waals surface area (Å²) >= 11 is 0. The topological polar surface area (TPSA) is 49.4 Å². The number of rotatable bonds is 2. The van der Waals surface area contributed by atoms with Crippen molar-refractivity contribution in [3.05, 3.63) is 0 Å². The zero-order valence-corrected chi connectivity index (χ0v) is 5.93. The van der Waals surface area contributed by atoms with Gasteiger partial charge in [-0.3, -0.25) is 4.79 Å². The molecule has 0 aliphatic heterocycles. The summed E-state index contributed by atoms with van der Waals surface area (Å²) in [4.78, 5) is 13.8. The van der Waals surface area contributed by atoms with Gasteiger partial charge in [0, 0.05) is 0 Å². The van der Waals surface area contributed by atoms with Gasteiger partial charge in [0.1, 0.15) is 0 Å². The summed E-state index contributed by atoms with van der Waals surface area (Å²) in [5.41, 5.74) is -0.623. The standard InChI is InChI=1S/C6H12O3/c1-4-6(2,3)5(7)9-8/h8H,4H2,1-3H3/p-1. The van der Waals surface area contributed by atoms with Crippen LogP contribution in [0.2, 0.25) is 0 Å². The monoisotopic (exact) mass is 131 g/mol. The van der Waals surface area contributed by atoms with Crippen LogP contribution in [0.15, 0.2) is 0 Å². The minimum Gasteiger partial charge on any atom is -0.662 e. The first-order valence-corrected chi connectivity index (χ1v) is 2.89. The van der Waals surface area contributed by atoms with E-state index in [4.69, 9.17) is 0 Å². The molecule has 3 heteroatoms. The van der Waals surface area contributed by atoms with E-state index in [0.29, 0.717) is 6.42 Å². The van der Waals surface area contributed by atoms with Crippen LogP contribution in [0.25, 0.3) is 0 Å². The fourth-order valence-electron chi connectivity index (χ4n) is 0.257. The van der Waals surface area contributed by atoms with Crippen LogP contribution >= 0.6 is 0 Å². The zero-order valence-electron chi connectivity index (χ0n) is 5.93. The second-order valence-electron chi connectivity index (χ2n) is 2.61. The van der Waals surface area contributed by atoms with Crippen LogP contribution in [0.5, 0.6) is 0 Å². The lowest BCUT2D eigenvalue weighted by Gasteiger charge is -2.21. The molecule has 9 heavy (non-hydrogen) atoms. The molecule has 0 unspecified atom stereocenters. The van der Waals surface area contributed by atoms with Crippen molar-refractivity contribution in [1.82, 2.24) is 0 Å². The highest BCUT2D eigenvalue weighted by molar-refractivity contribution is 5.74. The van der Waals surface area contributed by atoms with Crippen molar-refractivity contribution >= 4 is 5.97 Å². The summed E-state index contributed by atoms with van der Waals surface area (Å²) in [7, 11) is 0. The maximum Gasteiger partial charge on any atom is 0.305 e. The highest BCUT2D eigenvalue weighted by atomic mass is 17.1. The number of hydrogen-bond donors (Lipinski definition) is 0. The Morgan fingerprint density at radius 1 is 1.67 bits per heavy atom. The van der Waals surface area contributed by atoms with E-state index in [9.17, 15) is 10.1 Å². The molecule has 0 heterocycles. The van der Waals surface area contributed by atoms with Gasteiger partial charge in [0.2, 0.25) is 0 Å². The third-order valence-electron chi connectivity index (χ3n) is 1.51. The van der Waals surface area contributed by atoms with Gasteiger partial charge in [-0.1, -0.05) is 6.92 Å². The van der Waals surface area contributed by atoms with Crippen LogP contribution in [0.3, 0.4) is 0 Å². The van der Waals surface area contributed by atoms with Crippen molar-refractivity contribution in [1.29, 1.82) is 0 Å². The molecule has 0 saturated carbocycles. The lowest BCUT2D eigenvalue weighted by Crippen LogP contribution is -2.29.